The zero-order valence-corrected chi connectivity index (χ0v) is 11.8. The molecule has 1 unspecified atom stereocenters. The number of hydrogen-bond acceptors (Lipinski definition) is 3. The summed E-state index contributed by atoms with van der Waals surface area (Å²) in [6.45, 7) is 5.03. The predicted molar refractivity (Wildman–Crippen MR) is 75.8 cm³/mol. The summed E-state index contributed by atoms with van der Waals surface area (Å²) in [7, 11) is 1.79. The number of piperidine rings is 1. The number of nitrogens with zero attached hydrogens (tertiary/aromatic N) is 1. The van der Waals surface area contributed by atoms with Crippen LogP contribution in [-0.4, -0.2) is 30.7 Å². The fourth-order valence-electron chi connectivity index (χ4n) is 2.56. The lowest BCUT2D eigenvalue weighted by atomic mass is 9.94. The second-order valence-electron chi connectivity index (χ2n) is 5.31. The van der Waals surface area contributed by atoms with E-state index in [0.29, 0.717) is 0 Å². The van der Waals surface area contributed by atoms with Crippen molar-refractivity contribution in [3.05, 3.63) is 28.8 Å². The van der Waals surface area contributed by atoms with Gasteiger partial charge < -0.3 is 10.5 Å². The van der Waals surface area contributed by atoms with Gasteiger partial charge in [0.2, 0.25) is 0 Å². The fraction of sp³-hybridized carbons (Fsp3) is 0.571. The molecule has 2 rings (SSSR count). The van der Waals surface area contributed by atoms with Gasteiger partial charge in [-0.1, -0.05) is 11.6 Å². The van der Waals surface area contributed by atoms with E-state index in [1.54, 1.807) is 7.11 Å². The molecule has 0 bridgehead atoms. The van der Waals surface area contributed by atoms with Gasteiger partial charge in [-0.25, -0.2) is 0 Å². The molecule has 1 aromatic rings. The second kappa shape index (κ2) is 5.47. The van der Waals surface area contributed by atoms with Crippen molar-refractivity contribution in [3.8, 4) is 0 Å². The molecule has 0 spiro atoms. The monoisotopic (exact) mass is 268 g/mol. The summed E-state index contributed by atoms with van der Waals surface area (Å²) in [5, 5.41) is 0.741. The van der Waals surface area contributed by atoms with Crippen molar-refractivity contribution in [2.45, 2.75) is 31.9 Å². The van der Waals surface area contributed by atoms with Crippen LogP contribution in [-0.2, 0) is 11.3 Å². The molecule has 1 aliphatic rings. The Morgan fingerprint density at radius 1 is 1.50 bits per heavy atom. The van der Waals surface area contributed by atoms with Crippen molar-refractivity contribution in [2.24, 2.45) is 0 Å². The lowest BCUT2D eigenvalue weighted by Crippen LogP contribution is -2.46. The van der Waals surface area contributed by atoms with Gasteiger partial charge in [0.15, 0.2) is 0 Å². The molecule has 1 saturated heterocycles. The van der Waals surface area contributed by atoms with E-state index in [1.807, 2.05) is 18.2 Å². The van der Waals surface area contributed by atoms with Crippen LogP contribution < -0.4 is 5.73 Å². The molecular weight excluding hydrogens is 248 g/mol. The third kappa shape index (κ3) is 3.16. The van der Waals surface area contributed by atoms with Crippen molar-refractivity contribution < 1.29 is 4.74 Å². The maximum atomic E-state index is 6.02. The van der Waals surface area contributed by atoms with Crippen LogP contribution in [0.2, 0.25) is 5.02 Å². The number of anilines is 1. The molecule has 0 aliphatic carbocycles. The van der Waals surface area contributed by atoms with Crippen molar-refractivity contribution in [2.75, 3.05) is 25.9 Å². The standard InChI is InChI=1S/C14H21ClN2O/c1-14(18-2)6-3-7-17(10-14)9-11-8-12(15)4-5-13(11)16/h4-5,8H,3,6-7,9-10,16H2,1-2H3. The van der Waals surface area contributed by atoms with Gasteiger partial charge in [0.05, 0.1) is 5.60 Å². The highest BCUT2D eigenvalue weighted by Gasteiger charge is 2.30. The van der Waals surface area contributed by atoms with Crippen LogP contribution in [0.25, 0.3) is 0 Å². The number of hydrogen-bond donors (Lipinski definition) is 1. The number of nitrogen functional groups attached to an aromatic ring is 1. The highest BCUT2D eigenvalue weighted by atomic mass is 35.5. The molecule has 4 heteroatoms. The van der Waals surface area contributed by atoms with E-state index in [0.717, 1.165) is 48.7 Å². The van der Waals surface area contributed by atoms with Gasteiger partial charge in [0, 0.05) is 30.9 Å². The number of benzene rings is 1. The molecule has 0 aromatic heterocycles. The Kier molecular flexibility index (Phi) is 4.15. The first kappa shape index (κ1) is 13.7. The highest BCUT2D eigenvalue weighted by molar-refractivity contribution is 6.30. The van der Waals surface area contributed by atoms with Crippen LogP contribution in [0.1, 0.15) is 25.3 Å². The van der Waals surface area contributed by atoms with Gasteiger partial charge in [-0.3, -0.25) is 4.90 Å². The van der Waals surface area contributed by atoms with Crippen LogP contribution in [0.3, 0.4) is 0 Å². The molecule has 1 aromatic carbocycles. The van der Waals surface area contributed by atoms with E-state index in [4.69, 9.17) is 22.1 Å². The van der Waals surface area contributed by atoms with E-state index in [-0.39, 0.29) is 5.60 Å². The van der Waals surface area contributed by atoms with Gasteiger partial charge in [0.25, 0.3) is 0 Å². The summed E-state index contributed by atoms with van der Waals surface area (Å²) in [6.07, 6.45) is 2.27. The van der Waals surface area contributed by atoms with E-state index < -0.39 is 0 Å². The minimum absolute atomic E-state index is 0.0361. The molecule has 0 amide bonds. The topological polar surface area (TPSA) is 38.5 Å². The molecule has 2 N–H and O–H groups in total. The van der Waals surface area contributed by atoms with Crippen molar-refractivity contribution >= 4 is 17.3 Å². The summed E-state index contributed by atoms with van der Waals surface area (Å²) >= 11 is 6.02. The summed E-state index contributed by atoms with van der Waals surface area (Å²) < 4.78 is 5.60. The lowest BCUT2D eigenvalue weighted by Gasteiger charge is -2.39. The maximum absolute atomic E-state index is 6.02. The Labute approximate surface area is 114 Å². The fourth-order valence-corrected chi connectivity index (χ4v) is 2.76. The number of halogens is 1. The number of likely N-dealkylation sites (tertiary alicyclic amines) is 1. The van der Waals surface area contributed by atoms with Crippen molar-refractivity contribution in [1.82, 2.24) is 4.90 Å². The minimum atomic E-state index is -0.0361. The van der Waals surface area contributed by atoms with Crippen LogP contribution in [0.5, 0.6) is 0 Å². The number of nitrogens with two attached hydrogens (primary N) is 1. The van der Waals surface area contributed by atoms with Crippen LogP contribution in [0.4, 0.5) is 5.69 Å². The van der Waals surface area contributed by atoms with Gasteiger partial charge in [-0.15, -0.1) is 0 Å². The first-order valence-electron chi connectivity index (χ1n) is 6.34. The van der Waals surface area contributed by atoms with Crippen molar-refractivity contribution in [3.63, 3.8) is 0 Å². The Hall–Kier alpha value is -0.770. The predicted octanol–water partition coefficient (Wildman–Crippen LogP) is 2.92. The molecule has 0 radical (unpaired) electrons. The Bertz CT molecular complexity index is 424. The first-order chi connectivity index (χ1) is 8.52. The number of ether oxygens (including phenoxy) is 1. The first-order valence-corrected chi connectivity index (χ1v) is 6.72. The Morgan fingerprint density at radius 2 is 2.28 bits per heavy atom. The SMILES string of the molecule is COC1(C)CCCN(Cc2cc(Cl)ccc2N)C1. The summed E-state index contributed by atoms with van der Waals surface area (Å²) in [4.78, 5) is 2.38. The average molecular weight is 269 g/mol. The molecule has 100 valence electrons. The third-order valence-corrected chi connectivity index (χ3v) is 3.96. The quantitative estimate of drug-likeness (QED) is 0.857. The smallest absolute Gasteiger partial charge is 0.0777 e. The largest absolute Gasteiger partial charge is 0.398 e. The summed E-state index contributed by atoms with van der Waals surface area (Å²) in [6, 6.07) is 5.66. The van der Waals surface area contributed by atoms with Gasteiger partial charge in [-0.05, 0) is 50.1 Å². The molecular formula is C14H21ClN2O. The molecule has 1 aliphatic heterocycles. The molecule has 1 atom stereocenters. The number of methoxy groups -OCH3 is 1. The average Bonchev–Trinajstić information content (AvgIpc) is 2.34. The van der Waals surface area contributed by atoms with Crippen LogP contribution >= 0.6 is 11.6 Å². The zero-order chi connectivity index (χ0) is 13.2. The summed E-state index contributed by atoms with van der Waals surface area (Å²) in [5.74, 6) is 0. The van der Waals surface area contributed by atoms with Gasteiger partial charge in [0.1, 0.15) is 0 Å². The van der Waals surface area contributed by atoms with E-state index in [1.165, 1.54) is 0 Å². The van der Waals surface area contributed by atoms with E-state index in [2.05, 4.69) is 11.8 Å². The van der Waals surface area contributed by atoms with Crippen molar-refractivity contribution in [1.29, 1.82) is 0 Å². The normalized spacial score (nSPS) is 25.3. The minimum Gasteiger partial charge on any atom is -0.398 e. The summed E-state index contributed by atoms with van der Waals surface area (Å²) in [5.41, 5.74) is 7.86. The van der Waals surface area contributed by atoms with E-state index >= 15 is 0 Å². The second-order valence-corrected chi connectivity index (χ2v) is 5.75. The Morgan fingerprint density at radius 3 is 3.00 bits per heavy atom. The lowest BCUT2D eigenvalue weighted by molar-refractivity contribution is -0.0526. The maximum Gasteiger partial charge on any atom is 0.0777 e. The van der Waals surface area contributed by atoms with Crippen LogP contribution in [0, 0.1) is 0 Å². The molecule has 1 heterocycles. The zero-order valence-electron chi connectivity index (χ0n) is 11.1. The van der Waals surface area contributed by atoms with Gasteiger partial charge in [-0.2, -0.15) is 0 Å². The van der Waals surface area contributed by atoms with Crippen LogP contribution in [0.15, 0.2) is 18.2 Å². The molecule has 0 saturated carbocycles. The molecule has 18 heavy (non-hydrogen) atoms. The third-order valence-electron chi connectivity index (χ3n) is 3.73. The van der Waals surface area contributed by atoms with Gasteiger partial charge >= 0.3 is 0 Å². The molecule has 1 fully saturated rings. The number of rotatable bonds is 3. The molecule has 3 nitrogen and oxygen atoms in total. The Balaban J connectivity index is 2.07. The highest BCUT2D eigenvalue weighted by Crippen LogP contribution is 2.26. The van der Waals surface area contributed by atoms with E-state index in [9.17, 15) is 0 Å².